The number of urea groups is 1. The molecule has 6 rings (SSSR count). The Balaban J connectivity index is 1.28. The van der Waals surface area contributed by atoms with Crippen LogP contribution in [0.25, 0.3) is 11.3 Å². The van der Waals surface area contributed by atoms with Gasteiger partial charge in [0, 0.05) is 36.4 Å². The summed E-state index contributed by atoms with van der Waals surface area (Å²) in [6.45, 7) is 7.27. The normalized spacial score (nSPS) is 20.2. The summed E-state index contributed by atoms with van der Waals surface area (Å²) in [4.78, 5) is 33.8. The van der Waals surface area contributed by atoms with Gasteiger partial charge in [0.1, 0.15) is 17.0 Å². The average molecular weight is 659 g/mol. The topological polar surface area (TPSA) is 103 Å². The summed E-state index contributed by atoms with van der Waals surface area (Å²) in [6.07, 6.45) is 0.911. The standard InChI is InChI=1S/C35H33Cl2N5O4/c1-22(2)45-29-9-5-7-25(15-29)20-40-13-12-35(18-23(40)3)33(43)41(34(44)42(35)28-8-4-6-24(14-28)19-38)21-27-17-32(46-39-27)26-10-11-30(36)31(37)16-26/h4-11,14-17,22-23H,12-13,18,20-21H2,1-3H3/t23-,35+/m0/s1. The highest BCUT2D eigenvalue weighted by Gasteiger charge is 2.60. The quantitative estimate of drug-likeness (QED) is 0.179. The molecule has 0 bridgehead atoms. The van der Waals surface area contributed by atoms with Crippen molar-refractivity contribution in [1.29, 1.82) is 5.26 Å². The lowest BCUT2D eigenvalue weighted by atomic mass is 9.81. The number of aromatic nitrogens is 1. The van der Waals surface area contributed by atoms with Crippen LogP contribution in [0.5, 0.6) is 5.75 Å². The van der Waals surface area contributed by atoms with Crippen molar-refractivity contribution in [2.24, 2.45) is 0 Å². The number of hydrogen-bond acceptors (Lipinski definition) is 7. The largest absolute Gasteiger partial charge is 0.491 e. The minimum absolute atomic E-state index is 0.0323. The molecular formula is C35H33Cl2N5O4. The predicted molar refractivity (Wildman–Crippen MR) is 176 cm³/mol. The number of imide groups is 1. The summed E-state index contributed by atoms with van der Waals surface area (Å²) in [6, 6.07) is 23.3. The molecule has 2 aliphatic rings. The van der Waals surface area contributed by atoms with Crippen LogP contribution in [0.1, 0.15) is 50.4 Å². The molecule has 2 fully saturated rings. The summed E-state index contributed by atoms with van der Waals surface area (Å²) < 4.78 is 11.4. The van der Waals surface area contributed by atoms with Gasteiger partial charge in [0.15, 0.2) is 5.76 Å². The lowest BCUT2D eigenvalue weighted by Gasteiger charge is -2.45. The second-order valence-corrected chi connectivity index (χ2v) is 12.9. The van der Waals surface area contributed by atoms with Crippen molar-refractivity contribution in [2.45, 2.75) is 64.4 Å². The van der Waals surface area contributed by atoms with Crippen molar-refractivity contribution >= 4 is 40.8 Å². The highest BCUT2D eigenvalue weighted by Crippen LogP contribution is 2.43. The van der Waals surface area contributed by atoms with Gasteiger partial charge in [0.25, 0.3) is 5.91 Å². The van der Waals surface area contributed by atoms with Gasteiger partial charge in [-0.25, -0.2) is 4.79 Å². The van der Waals surface area contributed by atoms with Crippen LogP contribution < -0.4 is 9.64 Å². The zero-order valence-electron chi connectivity index (χ0n) is 25.7. The lowest BCUT2D eigenvalue weighted by molar-refractivity contribution is -0.133. The minimum atomic E-state index is -1.13. The van der Waals surface area contributed by atoms with Crippen molar-refractivity contribution in [2.75, 3.05) is 11.4 Å². The molecule has 0 N–H and O–H groups in total. The SMILES string of the molecule is CC(C)Oc1cccc(CN2CC[C@@]3(C[C@@H]2C)C(=O)N(Cc2cc(-c4ccc(Cl)c(Cl)c4)on2)C(=O)N3c2cccc(C#N)c2)c1. The third-order valence-corrected chi connectivity index (χ3v) is 9.27. The van der Waals surface area contributed by atoms with Gasteiger partial charge in [-0.3, -0.25) is 19.5 Å². The number of ether oxygens (including phenoxy) is 1. The molecular weight excluding hydrogens is 625 g/mol. The number of carbonyl (C=O) groups is 2. The van der Waals surface area contributed by atoms with Gasteiger partial charge in [0.05, 0.1) is 34.3 Å². The first-order chi connectivity index (χ1) is 22.1. The Labute approximate surface area is 277 Å². The molecule has 46 heavy (non-hydrogen) atoms. The number of benzene rings is 3. The Kier molecular flexibility index (Phi) is 8.80. The molecule has 1 aromatic heterocycles. The van der Waals surface area contributed by atoms with Crippen molar-refractivity contribution in [3.05, 3.63) is 99.7 Å². The lowest BCUT2D eigenvalue weighted by Crippen LogP contribution is -2.59. The van der Waals surface area contributed by atoms with E-state index in [1.807, 2.05) is 32.0 Å². The van der Waals surface area contributed by atoms with Crippen molar-refractivity contribution in [3.63, 3.8) is 0 Å². The fourth-order valence-electron chi connectivity index (χ4n) is 6.41. The first-order valence-electron chi connectivity index (χ1n) is 15.1. The Morgan fingerprint density at radius 2 is 1.85 bits per heavy atom. The van der Waals surface area contributed by atoms with Crippen LogP contribution in [-0.2, 0) is 17.9 Å². The van der Waals surface area contributed by atoms with Crippen LogP contribution in [0, 0.1) is 11.3 Å². The van der Waals surface area contributed by atoms with E-state index in [2.05, 4.69) is 29.1 Å². The summed E-state index contributed by atoms with van der Waals surface area (Å²) in [5, 5.41) is 14.5. The molecule has 2 aliphatic heterocycles. The molecule has 3 aromatic carbocycles. The number of carbonyl (C=O) groups excluding carboxylic acids is 2. The van der Waals surface area contributed by atoms with E-state index in [1.165, 1.54) is 4.90 Å². The maximum atomic E-state index is 14.4. The van der Waals surface area contributed by atoms with Gasteiger partial charge < -0.3 is 9.26 Å². The number of piperidine rings is 1. The molecule has 3 amide bonds. The zero-order valence-corrected chi connectivity index (χ0v) is 27.3. The average Bonchev–Trinajstić information content (AvgIpc) is 3.57. The van der Waals surface area contributed by atoms with E-state index in [0.717, 1.165) is 11.3 Å². The number of halogens is 2. The summed E-state index contributed by atoms with van der Waals surface area (Å²) in [5.74, 6) is 0.961. The third kappa shape index (κ3) is 6.08. The summed E-state index contributed by atoms with van der Waals surface area (Å²) >= 11 is 12.3. The number of nitrogens with zero attached hydrogens (tertiary/aromatic N) is 5. The molecule has 236 valence electrons. The predicted octanol–water partition coefficient (Wildman–Crippen LogP) is 7.70. The third-order valence-electron chi connectivity index (χ3n) is 8.54. The Morgan fingerprint density at radius 1 is 1.04 bits per heavy atom. The molecule has 2 saturated heterocycles. The molecule has 11 heteroatoms. The van der Waals surface area contributed by atoms with Crippen LogP contribution >= 0.6 is 23.2 Å². The molecule has 3 heterocycles. The van der Waals surface area contributed by atoms with E-state index in [1.54, 1.807) is 53.4 Å². The second kappa shape index (κ2) is 12.8. The molecule has 0 saturated carbocycles. The van der Waals surface area contributed by atoms with Crippen LogP contribution in [0.3, 0.4) is 0 Å². The van der Waals surface area contributed by atoms with Crippen LogP contribution in [-0.4, -0.2) is 51.1 Å². The number of nitriles is 1. The van der Waals surface area contributed by atoms with E-state index in [-0.39, 0.29) is 24.6 Å². The molecule has 1 spiro atoms. The Hall–Kier alpha value is -4.36. The number of anilines is 1. The summed E-state index contributed by atoms with van der Waals surface area (Å²) in [5.41, 5.74) is 1.98. The van der Waals surface area contributed by atoms with Gasteiger partial charge in [-0.1, -0.05) is 46.6 Å². The van der Waals surface area contributed by atoms with Gasteiger partial charge in [0.2, 0.25) is 0 Å². The zero-order chi connectivity index (χ0) is 32.6. The van der Waals surface area contributed by atoms with E-state index in [4.69, 9.17) is 32.5 Å². The van der Waals surface area contributed by atoms with Gasteiger partial charge in [-0.05, 0) is 87.7 Å². The number of likely N-dealkylation sites (tertiary alicyclic amines) is 1. The molecule has 9 nitrogen and oxygen atoms in total. The highest BCUT2D eigenvalue weighted by molar-refractivity contribution is 6.42. The Bertz CT molecular complexity index is 1840. The molecule has 0 unspecified atom stereocenters. The van der Waals surface area contributed by atoms with E-state index in [9.17, 15) is 14.9 Å². The number of amides is 3. The minimum Gasteiger partial charge on any atom is -0.491 e. The smallest absolute Gasteiger partial charge is 0.332 e. The number of rotatable bonds is 8. The van der Waals surface area contributed by atoms with Crippen molar-refractivity contribution in [3.8, 4) is 23.1 Å². The Morgan fingerprint density at radius 3 is 2.59 bits per heavy atom. The van der Waals surface area contributed by atoms with Gasteiger partial charge in [-0.15, -0.1) is 0 Å². The van der Waals surface area contributed by atoms with Gasteiger partial charge in [-0.2, -0.15) is 5.26 Å². The fraction of sp³-hybridized carbons (Fsp3) is 0.314. The van der Waals surface area contributed by atoms with Crippen molar-refractivity contribution in [1.82, 2.24) is 15.0 Å². The van der Waals surface area contributed by atoms with Gasteiger partial charge >= 0.3 is 6.03 Å². The van der Waals surface area contributed by atoms with Crippen LogP contribution in [0.2, 0.25) is 10.0 Å². The molecule has 4 aromatic rings. The molecule has 2 atom stereocenters. The first-order valence-corrected chi connectivity index (χ1v) is 15.9. The molecule has 0 aliphatic carbocycles. The monoisotopic (exact) mass is 657 g/mol. The van der Waals surface area contributed by atoms with E-state index >= 15 is 0 Å². The fourth-order valence-corrected chi connectivity index (χ4v) is 6.71. The van der Waals surface area contributed by atoms with E-state index < -0.39 is 11.6 Å². The van der Waals surface area contributed by atoms with Crippen molar-refractivity contribution < 1.29 is 18.8 Å². The first kappa shape index (κ1) is 31.6. The maximum Gasteiger partial charge on any atom is 0.332 e. The molecule has 0 radical (unpaired) electrons. The van der Waals surface area contributed by atoms with Crippen LogP contribution in [0.4, 0.5) is 10.5 Å². The number of hydrogen-bond donors (Lipinski definition) is 0. The maximum absolute atomic E-state index is 14.4. The van der Waals surface area contributed by atoms with Crippen LogP contribution in [0.15, 0.2) is 77.3 Å². The second-order valence-electron chi connectivity index (χ2n) is 12.1. The summed E-state index contributed by atoms with van der Waals surface area (Å²) in [7, 11) is 0. The van der Waals surface area contributed by atoms with E-state index in [0.29, 0.717) is 64.2 Å². The highest BCUT2D eigenvalue weighted by atomic mass is 35.5.